The first-order chi connectivity index (χ1) is 9.95. The fraction of sp³-hybridized carbons (Fsp3) is 0.467. The minimum Gasteiger partial charge on any atom is -0.456 e. The first-order valence-corrected chi connectivity index (χ1v) is 6.99. The van der Waals surface area contributed by atoms with Crippen molar-refractivity contribution >= 4 is 5.91 Å². The fourth-order valence-corrected chi connectivity index (χ4v) is 2.75. The predicted molar refractivity (Wildman–Crippen MR) is 77.6 cm³/mol. The third-order valence-electron chi connectivity index (χ3n) is 3.75. The van der Waals surface area contributed by atoms with E-state index in [4.69, 9.17) is 4.42 Å². The van der Waals surface area contributed by atoms with Gasteiger partial charge in [-0.1, -0.05) is 0 Å². The molecule has 21 heavy (non-hydrogen) atoms. The van der Waals surface area contributed by atoms with Gasteiger partial charge in [-0.15, -0.1) is 0 Å². The summed E-state index contributed by atoms with van der Waals surface area (Å²) >= 11 is 0. The molecular formula is C15H20N4O2. The molecule has 1 amide bonds. The summed E-state index contributed by atoms with van der Waals surface area (Å²) < 4.78 is 7.32. The Labute approximate surface area is 123 Å². The van der Waals surface area contributed by atoms with Crippen LogP contribution >= 0.6 is 0 Å². The van der Waals surface area contributed by atoms with Crippen LogP contribution in [-0.2, 0) is 26.7 Å². The molecule has 0 unspecified atom stereocenters. The van der Waals surface area contributed by atoms with E-state index < -0.39 is 0 Å². The number of aryl methyl sites for hydroxylation is 2. The van der Waals surface area contributed by atoms with Gasteiger partial charge in [-0.25, -0.2) is 0 Å². The smallest absolute Gasteiger partial charge is 0.290 e. The quantitative estimate of drug-likeness (QED) is 0.859. The maximum atomic E-state index is 12.5. The second-order valence-electron chi connectivity index (χ2n) is 5.80. The molecule has 0 aliphatic carbocycles. The highest BCUT2D eigenvalue weighted by atomic mass is 16.3. The number of rotatable bonds is 3. The summed E-state index contributed by atoms with van der Waals surface area (Å²) in [6, 6.07) is 3.55. The Balaban J connectivity index is 1.83. The maximum Gasteiger partial charge on any atom is 0.290 e. The van der Waals surface area contributed by atoms with Crippen molar-refractivity contribution in [1.29, 1.82) is 0 Å². The van der Waals surface area contributed by atoms with E-state index >= 15 is 0 Å². The zero-order valence-corrected chi connectivity index (χ0v) is 12.9. The normalized spacial score (nSPS) is 14.0. The van der Waals surface area contributed by atoms with Crippen molar-refractivity contribution in [3.63, 3.8) is 0 Å². The molecule has 0 atom stereocenters. The Hall–Kier alpha value is -2.08. The summed E-state index contributed by atoms with van der Waals surface area (Å²) in [7, 11) is 5.97. The molecule has 112 valence electrons. The van der Waals surface area contributed by atoms with E-state index in [9.17, 15) is 4.79 Å². The number of hydrogen-bond donors (Lipinski definition) is 0. The van der Waals surface area contributed by atoms with Crippen molar-refractivity contribution in [3.05, 3.63) is 40.6 Å². The van der Waals surface area contributed by atoms with E-state index in [0.717, 1.165) is 23.7 Å². The predicted octanol–water partition coefficient (Wildman–Crippen LogP) is 1.54. The van der Waals surface area contributed by atoms with E-state index in [1.807, 2.05) is 43.7 Å². The highest BCUT2D eigenvalue weighted by Gasteiger charge is 2.31. The highest BCUT2D eigenvalue weighted by Crippen LogP contribution is 2.27. The Bertz CT molecular complexity index is 684. The third kappa shape index (κ3) is 2.47. The van der Waals surface area contributed by atoms with Gasteiger partial charge < -0.3 is 14.2 Å². The molecule has 6 heteroatoms. The molecule has 0 N–H and O–H groups in total. The summed E-state index contributed by atoms with van der Waals surface area (Å²) in [4.78, 5) is 16.4. The van der Waals surface area contributed by atoms with Gasteiger partial charge in [0.2, 0.25) is 0 Å². The van der Waals surface area contributed by atoms with Gasteiger partial charge in [0.15, 0.2) is 5.76 Å². The minimum absolute atomic E-state index is 0.0601. The summed E-state index contributed by atoms with van der Waals surface area (Å²) in [5, 5.41) is 4.56. The monoisotopic (exact) mass is 288 g/mol. The van der Waals surface area contributed by atoms with Crippen LogP contribution in [0.25, 0.3) is 0 Å². The largest absolute Gasteiger partial charge is 0.456 e. The van der Waals surface area contributed by atoms with Crippen LogP contribution in [0.5, 0.6) is 0 Å². The van der Waals surface area contributed by atoms with Crippen molar-refractivity contribution in [2.45, 2.75) is 26.6 Å². The molecule has 1 aliphatic rings. The Morgan fingerprint density at radius 1 is 1.38 bits per heavy atom. The Morgan fingerprint density at radius 2 is 2.14 bits per heavy atom. The molecule has 2 aromatic rings. The van der Waals surface area contributed by atoms with Crippen molar-refractivity contribution in [2.75, 3.05) is 14.1 Å². The lowest BCUT2D eigenvalue weighted by atomic mass is 10.2. The lowest BCUT2D eigenvalue weighted by Gasteiger charge is -2.15. The van der Waals surface area contributed by atoms with Crippen LogP contribution < -0.4 is 0 Å². The highest BCUT2D eigenvalue weighted by molar-refractivity contribution is 5.91. The third-order valence-corrected chi connectivity index (χ3v) is 3.75. The van der Waals surface area contributed by atoms with E-state index in [1.165, 1.54) is 5.56 Å². The summed E-state index contributed by atoms with van der Waals surface area (Å²) in [5.41, 5.74) is 3.33. The van der Waals surface area contributed by atoms with Crippen LogP contribution in [0.15, 0.2) is 16.5 Å². The topological polar surface area (TPSA) is 54.5 Å². The van der Waals surface area contributed by atoms with Gasteiger partial charge in [-0.3, -0.25) is 9.48 Å². The zero-order valence-electron chi connectivity index (χ0n) is 12.9. The van der Waals surface area contributed by atoms with Crippen LogP contribution in [0.2, 0.25) is 0 Å². The number of furan rings is 1. The van der Waals surface area contributed by atoms with Crippen molar-refractivity contribution in [2.24, 2.45) is 7.05 Å². The standard InChI is InChI=1S/C15H20N4O2/c1-10-5-6-14(21-10)15(20)19-7-11-12(8-17(2)3)16-18(4)13(11)9-19/h5-6H,7-9H2,1-4H3. The molecule has 3 heterocycles. The lowest BCUT2D eigenvalue weighted by molar-refractivity contribution is 0.0714. The van der Waals surface area contributed by atoms with Crippen LogP contribution in [0.4, 0.5) is 0 Å². The average Bonchev–Trinajstić information content (AvgIpc) is 3.07. The van der Waals surface area contributed by atoms with E-state index in [1.54, 1.807) is 6.07 Å². The number of carbonyl (C=O) groups is 1. The van der Waals surface area contributed by atoms with Gasteiger partial charge in [0.25, 0.3) is 5.91 Å². The van der Waals surface area contributed by atoms with Gasteiger partial charge in [-0.2, -0.15) is 5.10 Å². The molecule has 6 nitrogen and oxygen atoms in total. The van der Waals surface area contributed by atoms with Crippen LogP contribution in [0.1, 0.15) is 33.3 Å². The summed E-state index contributed by atoms with van der Waals surface area (Å²) in [6.45, 7) is 3.81. The number of amides is 1. The molecule has 1 aliphatic heterocycles. The maximum absolute atomic E-state index is 12.5. The van der Waals surface area contributed by atoms with E-state index in [-0.39, 0.29) is 5.91 Å². The van der Waals surface area contributed by atoms with E-state index in [0.29, 0.717) is 18.8 Å². The molecule has 0 saturated carbocycles. The average molecular weight is 288 g/mol. The molecule has 2 aromatic heterocycles. The van der Waals surface area contributed by atoms with Crippen molar-refractivity contribution < 1.29 is 9.21 Å². The van der Waals surface area contributed by atoms with Gasteiger partial charge in [-0.05, 0) is 33.2 Å². The second-order valence-corrected chi connectivity index (χ2v) is 5.80. The first kappa shape index (κ1) is 13.9. The molecule has 0 aromatic carbocycles. The number of nitrogens with zero attached hydrogens (tertiary/aromatic N) is 4. The van der Waals surface area contributed by atoms with Crippen molar-refractivity contribution in [1.82, 2.24) is 19.6 Å². The molecule has 0 spiro atoms. The second kappa shape index (κ2) is 5.04. The summed E-state index contributed by atoms with van der Waals surface area (Å²) in [6.07, 6.45) is 0. The Morgan fingerprint density at radius 3 is 2.76 bits per heavy atom. The molecule has 3 rings (SSSR count). The molecule has 0 fully saturated rings. The van der Waals surface area contributed by atoms with Crippen LogP contribution in [-0.4, -0.2) is 39.6 Å². The van der Waals surface area contributed by atoms with Crippen LogP contribution in [0.3, 0.4) is 0 Å². The van der Waals surface area contributed by atoms with Crippen molar-refractivity contribution in [3.8, 4) is 0 Å². The number of fused-ring (bicyclic) bond motifs is 1. The van der Waals surface area contributed by atoms with Gasteiger partial charge >= 0.3 is 0 Å². The summed E-state index contributed by atoms with van der Waals surface area (Å²) in [5.74, 6) is 1.10. The number of aromatic nitrogens is 2. The van der Waals surface area contributed by atoms with Gasteiger partial charge in [0.1, 0.15) is 5.76 Å². The zero-order chi connectivity index (χ0) is 15.1. The molecule has 0 saturated heterocycles. The molecular weight excluding hydrogens is 268 g/mol. The Kier molecular flexibility index (Phi) is 3.33. The molecule has 0 bridgehead atoms. The van der Waals surface area contributed by atoms with Gasteiger partial charge in [0.05, 0.1) is 24.5 Å². The number of hydrogen-bond acceptors (Lipinski definition) is 4. The number of carbonyl (C=O) groups excluding carboxylic acids is 1. The SMILES string of the molecule is Cc1ccc(C(=O)N2Cc3c(CN(C)C)nn(C)c3C2)o1. The van der Waals surface area contributed by atoms with E-state index in [2.05, 4.69) is 10.00 Å². The lowest BCUT2D eigenvalue weighted by Crippen LogP contribution is -2.26. The minimum atomic E-state index is -0.0601. The van der Waals surface area contributed by atoms with Crippen LogP contribution in [0, 0.1) is 6.92 Å². The van der Waals surface area contributed by atoms with Gasteiger partial charge in [0, 0.05) is 19.2 Å². The first-order valence-electron chi connectivity index (χ1n) is 6.99. The fourth-order valence-electron chi connectivity index (χ4n) is 2.75. The molecule has 0 radical (unpaired) electrons.